The molecule has 4 aliphatic rings. The van der Waals surface area contributed by atoms with Crippen molar-refractivity contribution in [2.45, 2.75) is 10.8 Å². The number of rotatable bonds is 1. The lowest BCUT2D eigenvalue weighted by Crippen LogP contribution is -2.33. The van der Waals surface area contributed by atoms with Gasteiger partial charge in [0.2, 0.25) is 0 Å². The summed E-state index contributed by atoms with van der Waals surface area (Å²) in [5.74, 6) is 1.82. The molecule has 0 atom stereocenters. The highest BCUT2D eigenvalue weighted by Gasteiger charge is 2.54. The summed E-state index contributed by atoms with van der Waals surface area (Å²) in [6.07, 6.45) is 0. The molecule has 8 aromatic rings. The molecule has 0 amide bonds. The molecule has 0 saturated carbocycles. The summed E-state index contributed by atoms with van der Waals surface area (Å²) in [6, 6.07) is 67.6. The Labute approximate surface area is 297 Å². The fourth-order valence-corrected chi connectivity index (χ4v) is 10.4. The molecule has 0 unspecified atom stereocenters. The smallest absolute Gasteiger partial charge is 0.132 e. The maximum absolute atomic E-state index is 6.89. The van der Waals surface area contributed by atoms with E-state index in [4.69, 9.17) is 4.74 Å². The van der Waals surface area contributed by atoms with Gasteiger partial charge in [-0.15, -0.1) is 0 Å². The molecule has 12 rings (SSSR count). The summed E-state index contributed by atoms with van der Waals surface area (Å²) in [7, 11) is 0. The fraction of sp³-hybridized carbons (Fsp3) is 0.0400. The van der Waals surface area contributed by atoms with Crippen LogP contribution in [0.25, 0.3) is 44.5 Å². The van der Waals surface area contributed by atoms with E-state index in [-0.39, 0.29) is 0 Å². The summed E-state index contributed by atoms with van der Waals surface area (Å²) in [5.41, 5.74) is 19.7. The van der Waals surface area contributed by atoms with Gasteiger partial charge in [0.1, 0.15) is 11.5 Å². The number of fused-ring (bicyclic) bond motifs is 19. The third kappa shape index (κ3) is 3.15. The van der Waals surface area contributed by atoms with Crippen LogP contribution in [-0.2, 0) is 10.8 Å². The SMILES string of the molecule is c1ccc2c(c1)Oc1cccc(-c3ccc4c(c3)C3(c5ccccc5-c5ccccc53)c3ccccc3-4)c1C21c2ccccc2-c2ccccc21. The highest BCUT2D eigenvalue weighted by atomic mass is 16.5. The van der Waals surface area contributed by atoms with Gasteiger partial charge in [0.05, 0.1) is 10.8 Å². The molecule has 0 saturated heterocycles. The van der Waals surface area contributed by atoms with E-state index < -0.39 is 10.8 Å². The van der Waals surface area contributed by atoms with Crippen molar-refractivity contribution in [3.63, 3.8) is 0 Å². The first-order chi connectivity index (χ1) is 25.3. The van der Waals surface area contributed by atoms with Gasteiger partial charge < -0.3 is 4.74 Å². The number of hydrogen-bond acceptors (Lipinski definition) is 1. The van der Waals surface area contributed by atoms with Crippen LogP contribution in [0.3, 0.4) is 0 Å². The van der Waals surface area contributed by atoms with Gasteiger partial charge in [0.15, 0.2) is 0 Å². The van der Waals surface area contributed by atoms with E-state index in [0.717, 1.165) is 11.5 Å². The lowest BCUT2D eigenvalue weighted by molar-refractivity contribution is 0.437. The van der Waals surface area contributed by atoms with Gasteiger partial charge >= 0.3 is 0 Å². The summed E-state index contributed by atoms with van der Waals surface area (Å²) in [6.45, 7) is 0. The summed E-state index contributed by atoms with van der Waals surface area (Å²) < 4.78 is 6.89. The Morgan fingerprint density at radius 1 is 0.275 bits per heavy atom. The number of benzene rings is 8. The topological polar surface area (TPSA) is 9.23 Å². The molecule has 0 aromatic heterocycles. The van der Waals surface area contributed by atoms with Crippen LogP contribution < -0.4 is 4.74 Å². The van der Waals surface area contributed by atoms with Crippen molar-refractivity contribution in [1.29, 1.82) is 0 Å². The first kappa shape index (κ1) is 27.4. The largest absolute Gasteiger partial charge is 0.457 e. The van der Waals surface area contributed by atoms with Crippen LogP contribution in [0, 0.1) is 0 Å². The molecule has 0 N–H and O–H groups in total. The van der Waals surface area contributed by atoms with Crippen LogP contribution >= 0.6 is 0 Å². The molecule has 3 aliphatic carbocycles. The molecule has 1 heterocycles. The van der Waals surface area contributed by atoms with Gasteiger partial charge in [-0.25, -0.2) is 0 Å². The molecule has 236 valence electrons. The Kier molecular flexibility index (Phi) is 5.17. The lowest BCUT2D eigenvalue weighted by atomic mass is 9.64. The predicted octanol–water partition coefficient (Wildman–Crippen LogP) is 12.2. The van der Waals surface area contributed by atoms with E-state index in [2.05, 4.69) is 182 Å². The van der Waals surface area contributed by atoms with Gasteiger partial charge in [-0.05, 0) is 96.1 Å². The van der Waals surface area contributed by atoms with E-state index >= 15 is 0 Å². The van der Waals surface area contributed by atoms with Crippen molar-refractivity contribution >= 4 is 0 Å². The molecular weight excluding hydrogens is 617 g/mol. The normalized spacial score (nSPS) is 15.1. The highest BCUT2D eigenvalue weighted by Crippen LogP contribution is 2.66. The lowest BCUT2D eigenvalue weighted by Gasteiger charge is -2.40. The molecule has 1 nitrogen and oxygen atoms in total. The molecule has 1 aliphatic heterocycles. The van der Waals surface area contributed by atoms with E-state index in [9.17, 15) is 0 Å². The molecule has 0 bridgehead atoms. The Bertz CT molecular complexity index is 2690. The quantitative estimate of drug-likeness (QED) is 0.172. The van der Waals surface area contributed by atoms with Gasteiger partial charge in [-0.1, -0.05) is 164 Å². The Morgan fingerprint density at radius 3 is 1.20 bits per heavy atom. The van der Waals surface area contributed by atoms with Crippen LogP contribution in [0.5, 0.6) is 11.5 Å². The van der Waals surface area contributed by atoms with Gasteiger partial charge in [-0.3, -0.25) is 0 Å². The minimum absolute atomic E-state index is 0.405. The number of para-hydroxylation sites is 1. The first-order valence-corrected chi connectivity index (χ1v) is 17.9. The number of hydrogen-bond donors (Lipinski definition) is 0. The Balaban J connectivity index is 1.19. The highest BCUT2D eigenvalue weighted by molar-refractivity contribution is 5.97. The van der Waals surface area contributed by atoms with Crippen LogP contribution in [-0.4, -0.2) is 0 Å². The molecule has 1 heteroatoms. The van der Waals surface area contributed by atoms with Crippen molar-refractivity contribution in [2.75, 3.05) is 0 Å². The second kappa shape index (κ2) is 9.62. The van der Waals surface area contributed by atoms with Crippen molar-refractivity contribution < 1.29 is 4.74 Å². The standard InChI is InChI=1S/C50H30O/c1-6-20-39-33(14-1)34-15-2-7-21-40(34)49(39)41-22-8-3-18-37(41)38-29-28-31(30-45(38)49)32-19-13-27-47-48(32)50(44-25-11-12-26-46(44)51-47)42-23-9-4-16-35(42)36-17-5-10-24-43(36)50/h1-30H. The zero-order chi connectivity index (χ0) is 33.3. The minimum Gasteiger partial charge on any atom is -0.457 e. The van der Waals surface area contributed by atoms with Crippen molar-refractivity contribution in [1.82, 2.24) is 0 Å². The average molecular weight is 647 g/mol. The summed E-state index contributed by atoms with van der Waals surface area (Å²) >= 11 is 0. The van der Waals surface area contributed by atoms with Crippen LogP contribution in [0.4, 0.5) is 0 Å². The predicted molar refractivity (Wildman–Crippen MR) is 206 cm³/mol. The van der Waals surface area contributed by atoms with Crippen molar-refractivity contribution in [3.8, 4) is 56.0 Å². The molecule has 51 heavy (non-hydrogen) atoms. The maximum atomic E-state index is 6.89. The fourth-order valence-electron chi connectivity index (χ4n) is 10.4. The average Bonchev–Trinajstić information content (AvgIpc) is 3.78. The zero-order valence-corrected chi connectivity index (χ0v) is 27.7. The number of ether oxygens (including phenoxy) is 1. The molecule has 2 spiro atoms. The third-order valence-electron chi connectivity index (χ3n) is 12.2. The van der Waals surface area contributed by atoms with Crippen molar-refractivity contribution in [2.24, 2.45) is 0 Å². The van der Waals surface area contributed by atoms with E-state index in [1.807, 2.05) is 0 Å². The summed E-state index contributed by atoms with van der Waals surface area (Å²) in [5, 5.41) is 0. The van der Waals surface area contributed by atoms with Crippen LogP contribution in [0.2, 0.25) is 0 Å². The monoisotopic (exact) mass is 646 g/mol. The zero-order valence-electron chi connectivity index (χ0n) is 27.7. The van der Waals surface area contributed by atoms with Gasteiger partial charge in [-0.2, -0.15) is 0 Å². The third-order valence-corrected chi connectivity index (χ3v) is 12.2. The Morgan fingerprint density at radius 2 is 0.667 bits per heavy atom. The molecule has 8 aromatic carbocycles. The summed E-state index contributed by atoms with van der Waals surface area (Å²) in [4.78, 5) is 0. The molecular formula is C50H30O. The second-order valence-electron chi connectivity index (χ2n) is 14.3. The Hall–Kier alpha value is -6.44. The van der Waals surface area contributed by atoms with Crippen molar-refractivity contribution in [3.05, 3.63) is 226 Å². The molecule has 0 fully saturated rings. The maximum Gasteiger partial charge on any atom is 0.132 e. The van der Waals surface area contributed by atoms with E-state index in [0.29, 0.717) is 0 Å². The first-order valence-electron chi connectivity index (χ1n) is 17.9. The van der Waals surface area contributed by atoms with E-state index in [1.54, 1.807) is 0 Å². The minimum atomic E-state index is -0.541. The van der Waals surface area contributed by atoms with Crippen LogP contribution in [0.15, 0.2) is 182 Å². The van der Waals surface area contributed by atoms with Gasteiger partial charge in [0, 0.05) is 11.1 Å². The molecule has 0 radical (unpaired) electrons. The van der Waals surface area contributed by atoms with Gasteiger partial charge in [0.25, 0.3) is 0 Å². The van der Waals surface area contributed by atoms with E-state index in [1.165, 1.54) is 89.0 Å². The van der Waals surface area contributed by atoms with Crippen LogP contribution in [0.1, 0.15) is 44.5 Å². The second-order valence-corrected chi connectivity index (χ2v) is 14.3.